The lowest BCUT2D eigenvalue weighted by molar-refractivity contribution is 0.868. The number of benzene rings is 7. The molecule has 2 aliphatic heterocycles. The highest BCUT2D eigenvalue weighted by Gasteiger charge is 2.50. The number of allylic oxidation sites excluding steroid dienone is 11. The summed E-state index contributed by atoms with van der Waals surface area (Å²) in [4.78, 5) is 13.3. The van der Waals surface area contributed by atoms with Gasteiger partial charge in [-0.25, -0.2) is 9.97 Å². The topological polar surface area (TPSA) is 29.0 Å². The lowest BCUT2D eigenvalue weighted by Gasteiger charge is -2.48. The third kappa shape index (κ3) is 7.62. The van der Waals surface area contributed by atoms with Crippen LogP contribution in [0.2, 0.25) is 0 Å². The van der Waals surface area contributed by atoms with Crippen LogP contribution in [0.1, 0.15) is 50.8 Å². The molecular weight excluding hydrogens is 851 g/mol. The van der Waals surface area contributed by atoms with Gasteiger partial charge in [0.15, 0.2) is 13.9 Å². The van der Waals surface area contributed by atoms with E-state index >= 15 is 0 Å². The molecule has 0 saturated heterocycles. The lowest BCUT2D eigenvalue weighted by atomic mass is 9.95. The fraction of sp³-hybridized carbons (Fsp3) is 0.108. The van der Waals surface area contributed by atoms with Gasteiger partial charge in [0.2, 0.25) is 0 Å². The summed E-state index contributed by atoms with van der Waals surface area (Å²) in [7, 11) is -2.77. The van der Waals surface area contributed by atoms with Gasteiger partial charge in [0.25, 0.3) is 0 Å². The van der Waals surface area contributed by atoms with Crippen LogP contribution in [0.3, 0.4) is 0 Å². The highest BCUT2D eigenvalue weighted by atomic mass is 28.3. The maximum Gasteiger partial charge on any atom is 0.180 e. The minimum Gasteiger partial charge on any atom is -0.335 e. The Balaban J connectivity index is 1.12. The van der Waals surface area contributed by atoms with Gasteiger partial charge in [0.1, 0.15) is 0 Å². The van der Waals surface area contributed by atoms with Crippen molar-refractivity contribution in [2.45, 2.75) is 45.6 Å². The standard InChI is InChI=1S/C65H53N3Si/c1-3-19-47-38-45(2)68-61-34-13-14-35-63(61)69(57-30-9-5-10-31-57,58-32-11-6-12-33-58)64-37-36-54(43-62(64)68)51-25-16-23-49(40-51)52-26-17-28-55(41-52)60-44-59(46-20-7-4-8-21-46)66-65(67-60)56-29-18-27-53(42-56)50-24-15-22-48(47)39-50/h3-7,9-11,13-20,22-32,34-45H,8,12,21,33H2,1-2H3/b19-3-,47-38+. The van der Waals surface area contributed by atoms with E-state index < -0.39 is 8.07 Å². The van der Waals surface area contributed by atoms with E-state index in [4.69, 9.17) is 9.97 Å². The number of para-hydroxylation sites is 1. The number of rotatable bonds is 4. The van der Waals surface area contributed by atoms with Crippen LogP contribution in [0, 0.1) is 0 Å². The van der Waals surface area contributed by atoms with Crippen LogP contribution in [0.15, 0.2) is 236 Å². The molecule has 4 aliphatic rings. The van der Waals surface area contributed by atoms with Gasteiger partial charge in [-0.3, -0.25) is 0 Å². The lowest BCUT2D eigenvalue weighted by Crippen LogP contribution is -2.72. The second kappa shape index (κ2) is 18.0. The molecule has 4 heteroatoms. The van der Waals surface area contributed by atoms with E-state index in [1.807, 2.05) is 0 Å². The third-order valence-corrected chi connectivity index (χ3v) is 19.6. The summed E-state index contributed by atoms with van der Waals surface area (Å²) >= 11 is 0. The Labute approximate surface area is 407 Å². The van der Waals surface area contributed by atoms with Gasteiger partial charge >= 0.3 is 0 Å². The zero-order valence-electron chi connectivity index (χ0n) is 39.2. The number of anilines is 2. The Morgan fingerprint density at radius 2 is 1.09 bits per heavy atom. The minimum absolute atomic E-state index is 0.0124. The van der Waals surface area contributed by atoms with Crippen molar-refractivity contribution in [2.75, 3.05) is 4.90 Å². The average molecular weight is 904 g/mol. The maximum absolute atomic E-state index is 5.34. The fourth-order valence-electron chi connectivity index (χ4n) is 11.3. The summed E-state index contributed by atoms with van der Waals surface area (Å²) in [6.45, 7) is 4.49. The first-order valence-corrected chi connectivity index (χ1v) is 26.5. The second-order valence-electron chi connectivity index (χ2n) is 18.7. The smallest absolute Gasteiger partial charge is 0.180 e. The predicted octanol–water partition coefficient (Wildman–Crippen LogP) is 14.6. The molecule has 332 valence electrons. The summed E-state index contributed by atoms with van der Waals surface area (Å²) in [6, 6.07) is 66.1. The summed E-state index contributed by atoms with van der Waals surface area (Å²) in [5, 5.41) is 5.87. The molecule has 3 nitrogen and oxygen atoms in total. The SMILES string of the molecule is C/C=C\C1=C/C(C)N2c3ccccc3[Si](C3=CC=CCC3)(c3ccccc3)c3ccc(cc32)-c2cccc(c2)-c2cccc(c2)-c2cc(C3=CC=CCC3)nc(n2)-c2cccc(c2)-c2cccc1c2. The Hall–Kier alpha value is -7.92. The molecule has 12 bridgehead atoms. The van der Waals surface area contributed by atoms with Gasteiger partial charge < -0.3 is 4.90 Å². The summed E-state index contributed by atoms with van der Waals surface area (Å²) in [6.07, 6.45) is 24.6. The second-order valence-corrected chi connectivity index (χ2v) is 22.5. The van der Waals surface area contributed by atoms with Crippen LogP contribution < -0.4 is 20.5 Å². The molecular formula is C65H53N3Si. The van der Waals surface area contributed by atoms with Gasteiger partial charge in [-0.1, -0.05) is 193 Å². The van der Waals surface area contributed by atoms with Crippen molar-refractivity contribution >= 4 is 46.2 Å². The van der Waals surface area contributed by atoms with Crippen molar-refractivity contribution in [1.29, 1.82) is 0 Å². The molecule has 0 N–H and O–H groups in total. The quantitative estimate of drug-likeness (QED) is 0.165. The molecule has 0 saturated carbocycles. The summed E-state index contributed by atoms with van der Waals surface area (Å²) < 4.78 is 0. The Morgan fingerprint density at radius 1 is 0.507 bits per heavy atom. The van der Waals surface area contributed by atoms with Crippen LogP contribution in [-0.4, -0.2) is 24.1 Å². The van der Waals surface area contributed by atoms with Crippen LogP contribution in [0.4, 0.5) is 11.4 Å². The minimum atomic E-state index is -2.77. The molecule has 8 aromatic rings. The molecule has 69 heavy (non-hydrogen) atoms. The maximum atomic E-state index is 5.34. The van der Waals surface area contributed by atoms with E-state index in [-0.39, 0.29) is 6.04 Å². The molecule has 0 fully saturated rings. The summed E-state index contributed by atoms with van der Waals surface area (Å²) in [5.74, 6) is 0.727. The normalized spacial score (nSPS) is 18.8. The number of hydrogen-bond acceptors (Lipinski definition) is 3. The molecule has 2 unspecified atom stereocenters. The van der Waals surface area contributed by atoms with Crippen LogP contribution >= 0.6 is 0 Å². The predicted molar refractivity (Wildman–Crippen MR) is 294 cm³/mol. The molecule has 2 atom stereocenters. The molecule has 0 spiro atoms. The number of aromatic nitrogens is 2. The van der Waals surface area contributed by atoms with Crippen molar-refractivity contribution in [3.8, 4) is 56.0 Å². The monoisotopic (exact) mass is 903 g/mol. The van der Waals surface area contributed by atoms with Crippen LogP contribution in [0.25, 0.3) is 67.2 Å². The largest absolute Gasteiger partial charge is 0.335 e. The van der Waals surface area contributed by atoms with Gasteiger partial charge in [-0.2, -0.15) is 0 Å². The summed E-state index contributed by atoms with van der Waals surface area (Å²) in [5.41, 5.74) is 17.1. The van der Waals surface area contributed by atoms with E-state index in [0.29, 0.717) is 0 Å². The highest BCUT2D eigenvalue weighted by molar-refractivity contribution is 7.17. The van der Waals surface area contributed by atoms with E-state index in [2.05, 4.69) is 249 Å². The van der Waals surface area contributed by atoms with Crippen molar-refractivity contribution in [3.05, 3.63) is 247 Å². The highest BCUT2D eigenvalue weighted by Crippen LogP contribution is 2.42. The first kappa shape index (κ1) is 42.4. The molecule has 1 aromatic heterocycles. The first-order valence-electron chi connectivity index (χ1n) is 24.5. The number of nitrogens with zero attached hydrogens (tertiary/aromatic N) is 3. The molecule has 3 heterocycles. The van der Waals surface area contributed by atoms with Crippen molar-refractivity contribution in [1.82, 2.24) is 9.97 Å². The average Bonchev–Trinajstić information content (AvgIpc) is 3.42. The van der Waals surface area contributed by atoms with Crippen LogP contribution in [0.5, 0.6) is 0 Å². The van der Waals surface area contributed by atoms with Gasteiger partial charge in [-0.05, 0) is 148 Å². The van der Waals surface area contributed by atoms with Crippen molar-refractivity contribution < 1.29 is 0 Å². The zero-order valence-corrected chi connectivity index (χ0v) is 40.2. The Bertz CT molecular complexity index is 3500. The van der Waals surface area contributed by atoms with Crippen molar-refractivity contribution in [3.63, 3.8) is 0 Å². The van der Waals surface area contributed by atoms with E-state index in [0.717, 1.165) is 70.7 Å². The Morgan fingerprint density at radius 3 is 1.78 bits per heavy atom. The number of hydrogen-bond donors (Lipinski definition) is 0. The van der Waals surface area contributed by atoms with Crippen LogP contribution in [-0.2, 0) is 0 Å². The van der Waals surface area contributed by atoms with E-state index in [1.54, 1.807) is 5.20 Å². The Kier molecular flexibility index (Phi) is 11.0. The van der Waals surface area contributed by atoms with Gasteiger partial charge in [-0.15, -0.1) is 0 Å². The van der Waals surface area contributed by atoms with Gasteiger partial charge in [0, 0.05) is 22.5 Å². The molecule has 2 aliphatic carbocycles. The molecule has 0 amide bonds. The first-order chi connectivity index (χ1) is 34.0. The zero-order chi connectivity index (χ0) is 46.3. The third-order valence-electron chi connectivity index (χ3n) is 14.5. The molecule has 0 radical (unpaired) electrons. The van der Waals surface area contributed by atoms with E-state index in [9.17, 15) is 0 Å². The van der Waals surface area contributed by atoms with E-state index in [1.165, 1.54) is 60.3 Å². The fourth-order valence-corrected chi connectivity index (χ4v) is 16.7. The molecule has 12 rings (SSSR count). The number of fused-ring (bicyclic) bond motifs is 18. The van der Waals surface area contributed by atoms with Gasteiger partial charge in [0.05, 0.1) is 17.4 Å². The molecule has 7 aromatic carbocycles. The van der Waals surface area contributed by atoms with Crippen molar-refractivity contribution in [2.24, 2.45) is 0 Å².